The molecule has 0 aliphatic heterocycles. The minimum absolute atomic E-state index is 0.0231. The third-order valence-electron chi connectivity index (χ3n) is 10.7. The molecule has 2 atom stereocenters. The summed E-state index contributed by atoms with van der Waals surface area (Å²) in [5, 5.41) is 37.9. The fourth-order valence-corrected chi connectivity index (χ4v) is 7.60. The normalized spacial score (nSPS) is 12.8. The maximum atomic E-state index is 15.1. The number of rotatable bonds is 20. The van der Waals surface area contributed by atoms with Crippen LogP contribution in [0.4, 0.5) is 22.0 Å². The number of hydrogen-bond acceptors (Lipinski definition) is 12. The molecule has 4 aromatic carbocycles. The Kier molecular flexibility index (Phi) is 16.4. The zero-order valence-electron chi connectivity index (χ0n) is 36.1. The van der Waals surface area contributed by atoms with Gasteiger partial charge in [-0.05, 0) is 84.0 Å². The van der Waals surface area contributed by atoms with E-state index < -0.39 is 40.6 Å². The van der Waals surface area contributed by atoms with Crippen LogP contribution in [0.3, 0.4) is 0 Å². The first-order valence-corrected chi connectivity index (χ1v) is 21.4. The number of aryl methyl sites for hydroxylation is 2. The molecule has 0 amide bonds. The zero-order valence-corrected chi connectivity index (χ0v) is 36.9. The van der Waals surface area contributed by atoms with E-state index in [1.807, 2.05) is 36.4 Å². The molecule has 16 nitrogen and oxygen atoms in total. The second-order valence-corrected chi connectivity index (χ2v) is 15.7. The molecule has 8 rings (SSSR count). The average Bonchev–Trinajstić information content (AvgIpc) is 4.20. The van der Waals surface area contributed by atoms with Gasteiger partial charge in [0.2, 0.25) is 0 Å². The van der Waals surface area contributed by atoms with Crippen LogP contribution in [0.15, 0.2) is 129 Å². The molecule has 0 aliphatic carbocycles. The maximum Gasteiger partial charge on any atom is 0.416 e. The van der Waals surface area contributed by atoms with Crippen LogP contribution in [-0.4, -0.2) is 77.4 Å². The standard InChI is InChI=1S/C25H26ClN7O2.C21H17F5N6O/c26-24-8-7-22(14-34-11-1-9-32-18-28-16-30-32)25(21-5-3-20(13-27)4-6-21)23(24)15-35-12-2-10-33-19-29-17-31-33;22-16-4-1-14(2-5-16)7-19(32-13-28-11-30-32)20(33,9-31-12-27-10-29-31)17-6-3-15(8-18(17)23)21(24,25)26/h3-8,16-19H,1-2,9-12,14-15H2;1-6,8,10-13,19,33H,7,9H2. The number of nitrogens with zero attached hydrogens (tertiary/aromatic N) is 13. The summed E-state index contributed by atoms with van der Waals surface area (Å²) in [4.78, 5) is 15.6. The Morgan fingerprint density at radius 2 is 1.31 bits per heavy atom. The predicted molar refractivity (Wildman–Crippen MR) is 235 cm³/mol. The Balaban J connectivity index is 0.000000202. The van der Waals surface area contributed by atoms with Gasteiger partial charge in [-0.2, -0.15) is 38.8 Å². The van der Waals surface area contributed by atoms with Gasteiger partial charge in [0, 0.05) is 42.5 Å². The van der Waals surface area contributed by atoms with Gasteiger partial charge in [0.05, 0.1) is 43.0 Å². The molecule has 0 spiro atoms. The number of alkyl halides is 3. The molecule has 1 N–H and O–H groups in total. The third-order valence-corrected chi connectivity index (χ3v) is 11.1. The van der Waals surface area contributed by atoms with Crippen molar-refractivity contribution >= 4 is 11.6 Å². The lowest BCUT2D eigenvalue weighted by Crippen LogP contribution is -2.43. The summed E-state index contributed by atoms with van der Waals surface area (Å²) in [5.41, 5.74) is 1.31. The minimum Gasteiger partial charge on any atom is -0.381 e. The highest BCUT2D eigenvalue weighted by Gasteiger charge is 2.44. The largest absolute Gasteiger partial charge is 0.416 e. The van der Waals surface area contributed by atoms with Crippen molar-refractivity contribution in [3.8, 4) is 17.2 Å². The summed E-state index contributed by atoms with van der Waals surface area (Å²) in [7, 11) is 0. The van der Waals surface area contributed by atoms with Gasteiger partial charge in [-0.3, -0.25) is 9.36 Å². The lowest BCUT2D eigenvalue weighted by atomic mass is 9.82. The maximum absolute atomic E-state index is 15.1. The van der Waals surface area contributed by atoms with Crippen LogP contribution >= 0.6 is 11.6 Å². The highest BCUT2D eigenvalue weighted by Crippen LogP contribution is 2.40. The van der Waals surface area contributed by atoms with Crippen LogP contribution in [0.5, 0.6) is 0 Å². The van der Waals surface area contributed by atoms with Crippen molar-refractivity contribution in [2.45, 2.75) is 69.9 Å². The van der Waals surface area contributed by atoms with E-state index >= 15 is 4.39 Å². The topological polar surface area (TPSA) is 185 Å². The van der Waals surface area contributed by atoms with Gasteiger partial charge in [0.15, 0.2) is 0 Å². The van der Waals surface area contributed by atoms with Gasteiger partial charge in [0.1, 0.15) is 67.9 Å². The first-order valence-electron chi connectivity index (χ1n) is 21.0. The number of halogens is 6. The molecule has 0 bridgehead atoms. The molecule has 8 aromatic rings. The van der Waals surface area contributed by atoms with E-state index in [0.717, 1.165) is 54.3 Å². The van der Waals surface area contributed by atoms with E-state index in [-0.39, 0.29) is 13.0 Å². The summed E-state index contributed by atoms with van der Waals surface area (Å²) in [6, 6.07) is 19.8. The van der Waals surface area contributed by atoms with E-state index in [0.29, 0.717) is 54.7 Å². The first-order chi connectivity index (χ1) is 32.9. The van der Waals surface area contributed by atoms with Crippen molar-refractivity contribution in [2.24, 2.45) is 0 Å². The molecule has 4 heterocycles. The minimum atomic E-state index is -4.76. The zero-order chi connectivity index (χ0) is 47.9. The van der Waals surface area contributed by atoms with E-state index in [1.165, 1.54) is 71.6 Å². The number of benzene rings is 4. The number of aliphatic hydroxyl groups is 1. The van der Waals surface area contributed by atoms with Crippen LogP contribution in [0.1, 0.15) is 52.3 Å². The van der Waals surface area contributed by atoms with Crippen molar-refractivity contribution in [1.29, 1.82) is 5.26 Å². The van der Waals surface area contributed by atoms with E-state index in [1.54, 1.807) is 22.0 Å². The molecule has 4 aromatic heterocycles. The fraction of sp³-hybridized carbons (Fsp3) is 0.283. The van der Waals surface area contributed by atoms with Crippen molar-refractivity contribution in [2.75, 3.05) is 13.2 Å². The monoisotopic (exact) mass is 955 g/mol. The molecular weight excluding hydrogens is 913 g/mol. The Morgan fingerprint density at radius 3 is 1.87 bits per heavy atom. The second-order valence-electron chi connectivity index (χ2n) is 15.3. The van der Waals surface area contributed by atoms with Crippen LogP contribution in [-0.2, 0) is 60.5 Å². The predicted octanol–water partition coefficient (Wildman–Crippen LogP) is 7.81. The summed E-state index contributed by atoms with van der Waals surface area (Å²) in [6.07, 6.45) is 8.31. The smallest absolute Gasteiger partial charge is 0.381 e. The highest BCUT2D eigenvalue weighted by molar-refractivity contribution is 6.31. The van der Waals surface area contributed by atoms with Crippen molar-refractivity contribution < 1.29 is 36.5 Å². The molecule has 0 aliphatic rings. The van der Waals surface area contributed by atoms with Gasteiger partial charge in [-0.1, -0.05) is 48.0 Å². The second kappa shape index (κ2) is 23.0. The van der Waals surface area contributed by atoms with Gasteiger partial charge < -0.3 is 14.6 Å². The van der Waals surface area contributed by atoms with E-state index in [4.69, 9.17) is 21.1 Å². The Labute approximate surface area is 391 Å². The summed E-state index contributed by atoms with van der Waals surface area (Å²) in [5.74, 6) is -1.72. The van der Waals surface area contributed by atoms with Crippen LogP contribution in [0.25, 0.3) is 11.1 Å². The number of aromatic nitrogens is 12. The molecule has 0 fully saturated rings. The molecule has 0 saturated heterocycles. The molecule has 0 saturated carbocycles. The van der Waals surface area contributed by atoms with Gasteiger partial charge in [-0.15, -0.1) is 0 Å². The number of nitriles is 1. The van der Waals surface area contributed by atoms with Crippen molar-refractivity contribution in [3.05, 3.63) is 180 Å². The quantitative estimate of drug-likeness (QED) is 0.0578. The summed E-state index contributed by atoms with van der Waals surface area (Å²) >= 11 is 6.63. The third kappa shape index (κ3) is 12.8. The van der Waals surface area contributed by atoms with Gasteiger partial charge in [0.25, 0.3) is 0 Å². The Hall–Kier alpha value is -7.25. The molecule has 22 heteroatoms. The Bertz CT molecular complexity index is 2810. The summed E-state index contributed by atoms with van der Waals surface area (Å²) < 4.78 is 85.8. The first kappa shape index (κ1) is 48.7. The molecular formula is C46H43ClF5N13O3. The highest BCUT2D eigenvalue weighted by atomic mass is 35.5. The molecule has 68 heavy (non-hydrogen) atoms. The molecule has 0 radical (unpaired) electrons. The molecule has 352 valence electrons. The Morgan fingerprint density at radius 1 is 0.706 bits per heavy atom. The van der Waals surface area contributed by atoms with E-state index in [2.05, 4.69) is 46.4 Å². The molecule has 2 unspecified atom stereocenters. The van der Waals surface area contributed by atoms with Gasteiger partial charge in [-0.25, -0.2) is 38.1 Å². The fourth-order valence-electron chi connectivity index (χ4n) is 7.39. The van der Waals surface area contributed by atoms with Crippen molar-refractivity contribution in [1.82, 2.24) is 59.1 Å². The lowest BCUT2D eigenvalue weighted by Gasteiger charge is -2.37. The number of hydrogen-bond donors (Lipinski definition) is 1. The van der Waals surface area contributed by atoms with Crippen LogP contribution in [0, 0.1) is 23.0 Å². The summed E-state index contributed by atoms with van der Waals surface area (Å²) in [6.45, 7) is 3.07. The van der Waals surface area contributed by atoms with Crippen LogP contribution < -0.4 is 0 Å². The average molecular weight is 956 g/mol. The van der Waals surface area contributed by atoms with E-state index in [9.17, 15) is 27.9 Å². The van der Waals surface area contributed by atoms with Crippen LogP contribution in [0.2, 0.25) is 5.02 Å². The SMILES string of the molecule is N#Cc1ccc(-c2c(COCCCn3cncn3)ccc(Cl)c2COCCCn2cncn2)cc1.OC(Cn1cncn1)(c1ccc(C(F)(F)F)cc1F)C(Cc1ccc(F)cc1)n1cncn1. The van der Waals surface area contributed by atoms with Crippen molar-refractivity contribution in [3.63, 3.8) is 0 Å². The lowest BCUT2D eigenvalue weighted by molar-refractivity contribution is -0.137. The number of ether oxygens (including phenoxy) is 2. The van der Waals surface area contributed by atoms with Gasteiger partial charge >= 0.3 is 6.18 Å².